The average Bonchev–Trinajstić information content (AvgIpc) is 2.47. The van der Waals surface area contributed by atoms with E-state index in [4.69, 9.17) is 4.74 Å². The third kappa shape index (κ3) is 3.20. The van der Waals surface area contributed by atoms with Crippen LogP contribution in [-0.2, 0) is 0 Å². The molecule has 2 nitrogen and oxygen atoms in total. The minimum absolute atomic E-state index is 0.395. The van der Waals surface area contributed by atoms with Gasteiger partial charge in [0.1, 0.15) is 5.75 Å². The highest BCUT2D eigenvalue weighted by atomic mass is 16.5. The smallest absolute Gasteiger partial charge is 0.121 e. The normalized spacial score (nSPS) is 12.2. The Morgan fingerprint density at radius 1 is 1.05 bits per heavy atom. The zero-order valence-corrected chi connectivity index (χ0v) is 12.7. The number of nitrogens with one attached hydrogen (secondary N) is 1. The molecule has 0 amide bonds. The maximum absolute atomic E-state index is 5.31. The Morgan fingerprint density at radius 2 is 1.70 bits per heavy atom. The van der Waals surface area contributed by atoms with E-state index in [0.29, 0.717) is 6.04 Å². The summed E-state index contributed by atoms with van der Waals surface area (Å²) in [7, 11) is 1.71. The second kappa shape index (κ2) is 6.58. The van der Waals surface area contributed by atoms with Crippen molar-refractivity contribution in [3.8, 4) is 16.9 Å². The molecule has 0 aliphatic carbocycles. The van der Waals surface area contributed by atoms with Crippen molar-refractivity contribution < 1.29 is 4.74 Å². The monoisotopic (exact) mass is 269 g/mol. The second-order valence-corrected chi connectivity index (χ2v) is 5.09. The molecule has 2 heteroatoms. The highest BCUT2D eigenvalue weighted by Crippen LogP contribution is 2.27. The number of methoxy groups -OCH3 is 1. The summed E-state index contributed by atoms with van der Waals surface area (Å²) in [6.07, 6.45) is 0. The number of benzene rings is 2. The molecule has 0 saturated carbocycles. The first-order valence-electron chi connectivity index (χ1n) is 7.14. The van der Waals surface area contributed by atoms with Crippen LogP contribution in [-0.4, -0.2) is 13.7 Å². The molecule has 1 unspecified atom stereocenters. The quantitative estimate of drug-likeness (QED) is 0.871. The summed E-state index contributed by atoms with van der Waals surface area (Å²) < 4.78 is 5.31. The lowest BCUT2D eigenvalue weighted by atomic mass is 10.00. The average molecular weight is 269 g/mol. The summed E-state index contributed by atoms with van der Waals surface area (Å²) in [5.41, 5.74) is 4.95. The molecule has 0 aromatic heterocycles. The molecule has 2 aromatic carbocycles. The Bertz CT molecular complexity index is 560. The molecule has 1 atom stereocenters. The third-order valence-electron chi connectivity index (χ3n) is 3.65. The fraction of sp³-hybridized carbons (Fsp3) is 0.333. The summed E-state index contributed by atoms with van der Waals surface area (Å²) in [6.45, 7) is 7.38. The molecule has 106 valence electrons. The van der Waals surface area contributed by atoms with Gasteiger partial charge >= 0.3 is 0 Å². The van der Waals surface area contributed by atoms with Crippen molar-refractivity contribution in [2.45, 2.75) is 26.8 Å². The van der Waals surface area contributed by atoms with E-state index < -0.39 is 0 Å². The number of ether oxygens (including phenoxy) is 1. The molecule has 0 saturated heterocycles. The van der Waals surface area contributed by atoms with Gasteiger partial charge < -0.3 is 10.1 Å². The maximum Gasteiger partial charge on any atom is 0.121 e. The Balaban J connectivity index is 2.23. The van der Waals surface area contributed by atoms with Crippen molar-refractivity contribution in [2.75, 3.05) is 13.7 Å². The lowest BCUT2D eigenvalue weighted by Crippen LogP contribution is -2.17. The van der Waals surface area contributed by atoms with Crippen LogP contribution in [0.1, 0.15) is 31.0 Å². The predicted octanol–water partition coefficient (Wildman–Crippen LogP) is 4.34. The van der Waals surface area contributed by atoms with Crippen LogP contribution in [0.3, 0.4) is 0 Å². The minimum atomic E-state index is 0.395. The van der Waals surface area contributed by atoms with Gasteiger partial charge in [-0.2, -0.15) is 0 Å². The Hall–Kier alpha value is -1.80. The van der Waals surface area contributed by atoms with Gasteiger partial charge in [0.05, 0.1) is 7.11 Å². The Morgan fingerprint density at radius 3 is 2.25 bits per heavy atom. The van der Waals surface area contributed by atoms with Gasteiger partial charge in [-0.05, 0) is 54.8 Å². The minimum Gasteiger partial charge on any atom is -0.496 e. The highest BCUT2D eigenvalue weighted by Gasteiger charge is 2.05. The Labute approximate surface area is 121 Å². The fourth-order valence-corrected chi connectivity index (χ4v) is 2.45. The van der Waals surface area contributed by atoms with E-state index in [1.54, 1.807) is 7.11 Å². The van der Waals surface area contributed by atoms with Gasteiger partial charge in [-0.3, -0.25) is 0 Å². The lowest BCUT2D eigenvalue weighted by Gasteiger charge is -2.13. The maximum atomic E-state index is 5.31. The summed E-state index contributed by atoms with van der Waals surface area (Å²) in [5.74, 6) is 0.936. The van der Waals surface area contributed by atoms with E-state index in [1.165, 1.54) is 16.7 Å². The Kier molecular flexibility index (Phi) is 4.80. The van der Waals surface area contributed by atoms with Crippen molar-refractivity contribution >= 4 is 0 Å². The van der Waals surface area contributed by atoms with Crippen LogP contribution >= 0.6 is 0 Å². The zero-order valence-electron chi connectivity index (χ0n) is 12.7. The first kappa shape index (κ1) is 14.6. The molecule has 1 N–H and O–H groups in total. The van der Waals surface area contributed by atoms with E-state index in [0.717, 1.165) is 17.9 Å². The van der Waals surface area contributed by atoms with Gasteiger partial charge in [0.2, 0.25) is 0 Å². The van der Waals surface area contributed by atoms with Crippen LogP contribution < -0.4 is 10.1 Å². The molecule has 2 aromatic rings. The van der Waals surface area contributed by atoms with E-state index in [2.05, 4.69) is 62.5 Å². The second-order valence-electron chi connectivity index (χ2n) is 5.09. The SMILES string of the molecule is CCNC(C)c1ccc(-c2ccc(OC)c(C)c2)cc1. The molecule has 0 spiro atoms. The van der Waals surface area contributed by atoms with Gasteiger partial charge in [0.25, 0.3) is 0 Å². The summed E-state index contributed by atoms with van der Waals surface area (Å²) in [4.78, 5) is 0. The van der Waals surface area contributed by atoms with Gasteiger partial charge in [-0.15, -0.1) is 0 Å². The molecule has 2 rings (SSSR count). The van der Waals surface area contributed by atoms with E-state index >= 15 is 0 Å². The van der Waals surface area contributed by atoms with Crippen LogP contribution in [0.15, 0.2) is 42.5 Å². The standard InChI is InChI=1S/C18H23NO/c1-5-19-14(3)15-6-8-16(9-7-15)17-10-11-18(20-4)13(2)12-17/h6-12,14,19H,5H2,1-4H3. The van der Waals surface area contributed by atoms with Crippen molar-refractivity contribution in [3.05, 3.63) is 53.6 Å². The number of hydrogen-bond donors (Lipinski definition) is 1. The molecule has 0 aliphatic rings. The molecule has 20 heavy (non-hydrogen) atoms. The summed E-state index contributed by atoms with van der Waals surface area (Å²) in [6, 6.07) is 15.5. The van der Waals surface area contributed by atoms with Crippen LogP contribution in [0.4, 0.5) is 0 Å². The van der Waals surface area contributed by atoms with Gasteiger partial charge in [0.15, 0.2) is 0 Å². The summed E-state index contributed by atoms with van der Waals surface area (Å²) >= 11 is 0. The summed E-state index contributed by atoms with van der Waals surface area (Å²) in [5, 5.41) is 3.43. The number of rotatable bonds is 5. The number of aryl methyl sites for hydroxylation is 1. The highest BCUT2D eigenvalue weighted by molar-refractivity contribution is 5.66. The van der Waals surface area contributed by atoms with Gasteiger partial charge in [-0.25, -0.2) is 0 Å². The van der Waals surface area contributed by atoms with Gasteiger partial charge in [-0.1, -0.05) is 37.3 Å². The van der Waals surface area contributed by atoms with E-state index in [1.807, 2.05) is 6.07 Å². The van der Waals surface area contributed by atoms with Crippen LogP contribution in [0, 0.1) is 6.92 Å². The fourth-order valence-electron chi connectivity index (χ4n) is 2.45. The number of hydrogen-bond acceptors (Lipinski definition) is 2. The molecule has 0 fully saturated rings. The van der Waals surface area contributed by atoms with Crippen molar-refractivity contribution in [1.29, 1.82) is 0 Å². The molecular formula is C18H23NO. The molecule has 0 heterocycles. The van der Waals surface area contributed by atoms with E-state index in [9.17, 15) is 0 Å². The van der Waals surface area contributed by atoms with Crippen LogP contribution in [0.2, 0.25) is 0 Å². The topological polar surface area (TPSA) is 21.3 Å². The van der Waals surface area contributed by atoms with Crippen LogP contribution in [0.5, 0.6) is 5.75 Å². The molecule has 0 bridgehead atoms. The first-order chi connectivity index (χ1) is 9.65. The van der Waals surface area contributed by atoms with Crippen LogP contribution in [0.25, 0.3) is 11.1 Å². The largest absolute Gasteiger partial charge is 0.496 e. The van der Waals surface area contributed by atoms with Crippen molar-refractivity contribution in [2.24, 2.45) is 0 Å². The lowest BCUT2D eigenvalue weighted by molar-refractivity contribution is 0.412. The molecule has 0 aliphatic heterocycles. The third-order valence-corrected chi connectivity index (χ3v) is 3.65. The first-order valence-corrected chi connectivity index (χ1v) is 7.14. The van der Waals surface area contributed by atoms with Crippen molar-refractivity contribution in [1.82, 2.24) is 5.32 Å². The molecule has 0 radical (unpaired) electrons. The molecular weight excluding hydrogens is 246 g/mol. The zero-order chi connectivity index (χ0) is 14.5. The van der Waals surface area contributed by atoms with Crippen molar-refractivity contribution in [3.63, 3.8) is 0 Å². The van der Waals surface area contributed by atoms with E-state index in [-0.39, 0.29) is 0 Å². The predicted molar refractivity (Wildman–Crippen MR) is 85.3 cm³/mol. The van der Waals surface area contributed by atoms with Gasteiger partial charge in [0, 0.05) is 6.04 Å².